The van der Waals surface area contributed by atoms with Gasteiger partial charge in [-0.1, -0.05) is 23.2 Å². The van der Waals surface area contributed by atoms with Crippen molar-refractivity contribution < 1.29 is 14.0 Å². The van der Waals surface area contributed by atoms with Gasteiger partial charge in [0.15, 0.2) is 0 Å². The Kier molecular flexibility index (Phi) is 4.95. The average molecular weight is 386 g/mol. The Labute approximate surface area is 148 Å². The van der Waals surface area contributed by atoms with Crippen molar-refractivity contribution in [1.29, 1.82) is 0 Å². The molecule has 0 saturated carbocycles. The number of hydrogen-bond donors (Lipinski definition) is 1. The van der Waals surface area contributed by atoms with Gasteiger partial charge in [-0.25, -0.2) is 4.98 Å². The van der Waals surface area contributed by atoms with Crippen LogP contribution in [0.25, 0.3) is 16.6 Å². The van der Waals surface area contributed by atoms with E-state index in [0.717, 1.165) is 11.1 Å². The summed E-state index contributed by atoms with van der Waals surface area (Å²) < 4.78 is 18.8. The summed E-state index contributed by atoms with van der Waals surface area (Å²) in [6.45, 7) is 1.80. The van der Waals surface area contributed by atoms with Crippen LogP contribution in [0.5, 0.6) is 0 Å². The number of rotatable bonds is 5. The van der Waals surface area contributed by atoms with Crippen LogP contribution in [0.2, 0.25) is 10.0 Å². The first-order valence-electron chi connectivity index (χ1n) is 7.13. The fraction of sp³-hybridized carbons (Fsp3) is 0.200. The van der Waals surface area contributed by atoms with Crippen LogP contribution in [-0.2, 0) is 15.3 Å². The van der Waals surface area contributed by atoms with E-state index < -0.39 is 7.60 Å². The molecule has 0 aliphatic carbocycles. The zero-order valence-corrected chi connectivity index (χ0v) is 15.1. The molecule has 0 radical (unpaired) electrons. The summed E-state index contributed by atoms with van der Waals surface area (Å²) in [5.74, 6) is 0. The molecule has 0 spiro atoms. The molecule has 2 heterocycles. The highest BCUT2D eigenvalue weighted by atomic mass is 35.5. The van der Waals surface area contributed by atoms with Crippen molar-refractivity contribution >= 4 is 41.7 Å². The second-order valence-corrected chi connectivity index (χ2v) is 7.71. The minimum atomic E-state index is -3.78. The van der Waals surface area contributed by atoms with Gasteiger partial charge in [0.25, 0.3) is 0 Å². The fourth-order valence-electron chi connectivity index (χ4n) is 2.42. The van der Waals surface area contributed by atoms with Crippen LogP contribution in [0.15, 0.2) is 36.9 Å². The number of hydrogen-bond acceptors (Lipinski definition) is 4. The lowest BCUT2D eigenvalue weighted by Crippen LogP contribution is -2.01. The minimum absolute atomic E-state index is 0.141. The van der Waals surface area contributed by atoms with Crippen molar-refractivity contribution in [1.82, 2.24) is 14.5 Å². The van der Waals surface area contributed by atoms with Crippen LogP contribution >= 0.6 is 30.8 Å². The molecule has 3 rings (SSSR count). The molecule has 0 saturated heterocycles. The second-order valence-electron chi connectivity index (χ2n) is 5.07. The normalized spacial score (nSPS) is 14.0. The Morgan fingerprint density at radius 2 is 2.17 bits per heavy atom. The molecular weight excluding hydrogens is 372 g/mol. The molecule has 1 aromatic carbocycles. The van der Waals surface area contributed by atoms with Gasteiger partial charge in [0.2, 0.25) is 0 Å². The van der Waals surface area contributed by atoms with Crippen molar-refractivity contribution in [3.05, 3.63) is 52.7 Å². The highest BCUT2D eigenvalue weighted by Gasteiger charge is 2.22. The van der Waals surface area contributed by atoms with Crippen molar-refractivity contribution in [2.75, 3.05) is 6.61 Å². The summed E-state index contributed by atoms with van der Waals surface area (Å²) in [7, 11) is -3.78. The van der Waals surface area contributed by atoms with Gasteiger partial charge in [0, 0.05) is 17.8 Å². The average Bonchev–Trinajstić information content (AvgIpc) is 3.04. The van der Waals surface area contributed by atoms with Crippen molar-refractivity contribution in [2.24, 2.45) is 0 Å². The first kappa shape index (κ1) is 17.4. The van der Waals surface area contributed by atoms with E-state index in [-0.39, 0.29) is 12.8 Å². The van der Waals surface area contributed by atoms with E-state index >= 15 is 0 Å². The van der Waals surface area contributed by atoms with Gasteiger partial charge in [-0.2, -0.15) is 0 Å². The molecule has 24 heavy (non-hydrogen) atoms. The maximum Gasteiger partial charge on any atom is 0.334 e. The third-order valence-electron chi connectivity index (χ3n) is 3.38. The van der Waals surface area contributed by atoms with E-state index in [1.165, 1.54) is 0 Å². The van der Waals surface area contributed by atoms with Crippen molar-refractivity contribution in [3.8, 4) is 5.69 Å². The number of pyridine rings is 1. The number of nitrogens with zero attached hydrogens (tertiary/aromatic N) is 3. The van der Waals surface area contributed by atoms with Gasteiger partial charge < -0.3 is 14.0 Å². The molecule has 9 heteroatoms. The first-order valence-corrected chi connectivity index (χ1v) is 9.65. The second kappa shape index (κ2) is 6.82. The Morgan fingerprint density at radius 1 is 1.38 bits per heavy atom. The van der Waals surface area contributed by atoms with Crippen LogP contribution in [0.1, 0.15) is 12.6 Å². The Bertz CT molecular complexity index is 931. The van der Waals surface area contributed by atoms with E-state index in [2.05, 4.69) is 9.97 Å². The maximum atomic E-state index is 12.1. The van der Waals surface area contributed by atoms with Crippen molar-refractivity contribution in [2.45, 2.75) is 13.1 Å². The molecule has 3 aromatic rings. The Morgan fingerprint density at radius 3 is 2.83 bits per heavy atom. The number of aromatic nitrogens is 3. The Balaban J connectivity index is 2.21. The van der Waals surface area contributed by atoms with Crippen LogP contribution in [0, 0.1) is 0 Å². The van der Waals surface area contributed by atoms with Crippen LogP contribution < -0.4 is 0 Å². The molecule has 126 valence electrons. The minimum Gasteiger partial charge on any atom is -0.324 e. The molecular formula is C15H14Cl2N3O3P. The number of imidazole rings is 1. The predicted octanol–water partition coefficient (Wildman–Crippen LogP) is 4.45. The van der Waals surface area contributed by atoms with E-state index in [9.17, 15) is 9.46 Å². The molecule has 0 amide bonds. The summed E-state index contributed by atoms with van der Waals surface area (Å²) in [6.07, 6.45) is 4.81. The number of benzene rings is 1. The van der Waals surface area contributed by atoms with Crippen LogP contribution in [0.3, 0.4) is 0 Å². The van der Waals surface area contributed by atoms with Crippen LogP contribution in [0.4, 0.5) is 0 Å². The van der Waals surface area contributed by atoms with Gasteiger partial charge in [0.05, 0.1) is 46.0 Å². The van der Waals surface area contributed by atoms with Gasteiger partial charge in [-0.15, -0.1) is 0 Å². The van der Waals surface area contributed by atoms with Gasteiger partial charge >= 0.3 is 7.60 Å². The van der Waals surface area contributed by atoms with Gasteiger partial charge in [-0.05, 0) is 25.1 Å². The third kappa shape index (κ3) is 3.48. The smallest absolute Gasteiger partial charge is 0.324 e. The summed E-state index contributed by atoms with van der Waals surface area (Å²) in [6, 6.07) is 5.21. The molecule has 0 fully saturated rings. The van der Waals surface area contributed by atoms with Gasteiger partial charge in [0.1, 0.15) is 0 Å². The van der Waals surface area contributed by atoms with E-state index in [4.69, 9.17) is 27.7 Å². The monoisotopic (exact) mass is 385 g/mol. The predicted molar refractivity (Wildman–Crippen MR) is 94.0 cm³/mol. The lowest BCUT2D eigenvalue weighted by molar-refractivity contribution is 0.272. The molecule has 1 unspecified atom stereocenters. The lowest BCUT2D eigenvalue weighted by atomic mass is 10.1. The topological polar surface area (TPSA) is 77.2 Å². The Hall–Kier alpha value is -1.43. The zero-order chi connectivity index (χ0) is 17.3. The molecule has 0 aliphatic rings. The molecule has 0 bridgehead atoms. The number of fused-ring (bicyclic) bond motifs is 1. The molecule has 0 aliphatic heterocycles. The molecule has 1 N–H and O–H groups in total. The lowest BCUT2D eigenvalue weighted by Gasteiger charge is -2.14. The third-order valence-corrected chi connectivity index (χ3v) is 5.56. The van der Waals surface area contributed by atoms with Gasteiger partial charge in [-0.3, -0.25) is 9.55 Å². The highest BCUT2D eigenvalue weighted by molar-refractivity contribution is 7.51. The highest BCUT2D eigenvalue weighted by Crippen LogP contribution is 2.46. The number of halogens is 2. The summed E-state index contributed by atoms with van der Waals surface area (Å²) in [4.78, 5) is 18.3. The molecule has 2 aromatic heterocycles. The van der Waals surface area contributed by atoms with E-state index in [0.29, 0.717) is 21.3 Å². The van der Waals surface area contributed by atoms with E-state index in [1.54, 1.807) is 48.4 Å². The zero-order valence-electron chi connectivity index (χ0n) is 12.7. The van der Waals surface area contributed by atoms with Crippen molar-refractivity contribution in [3.63, 3.8) is 0 Å². The SMILES string of the molecule is CCOP(=O)(O)Cc1cc(-n2ccnc2)c2ccc(Cl)c(Cl)c2n1. The maximum absolute atomic E-state index is 12.1. The summed E-state index contributed by atoms with van der Waals surface area (Å²) in [5, 5.41) is 1.42. The molecule has 6 nitrogen and oxygen atoms in total. The standard InChI is InChI=1S/C15H14Cl2N3O3P/c1-2-23-24(21,22)8-10-7-13(20-6-5-18-9-20)11-3-4-12(16)14(17)15(11)19-10/h3-7,9H,2,8H2,1H3,(H,21,22). The summed E-state index contributed by atoms with van der Waals surface area (Å²) >= 11 is 12.4. The quantitative estimate of drug-likeness (QED) is 0.656. The largest absolute Gasteiger partial charge is 0.334 e. The van der Waals surface area contributed by atoms with E-state index in [1.807, 2.05) is 0 Å². The summed E-state index contributed by atoms with van der Waals surface area (Å²) in [5.41, 5.74) is 1.58. The van der Waals surface area contributed by atoms with Crippen LogP contribution in [-0.4, -0.2) is 26.0 Å². The molecule has 1 atom stereocenters. The first-order chi connectivity index (χ1) is 11.4. The fourth-order valence-corrected chi connectivity index (χ4v) is 3.84.